The van der Waals surface area contributed by atoms with Gasteiger partial charge in [0, 0.05) is 19.5 Å². The highest BCUT2D eigenvalue weighted by molar-refractivity contribution is 6.01. The van der Waals surface area contributed by atoms with Crippen LogP contribution in [0.1, 0.15) is 20.3 Å². The maximum atomic E-state index is 11.4. The number of carbonyl (C=O) groups is 2. The van der Waals surface area contributed by atoms with Crippen molar-refractivity contribution in [3.8, 4) is 0 Å². The van der Waals surface area contributed by atoms with Crippen LogP contribution in [0, 0.1) is 5.92 Å². The molecular formula is C9H18N4O3. The van der Waals surface area contributed by atoms with E-state index < -0.39 is 5.92 Å². The van der Waals surface area contributed by atoms with E-state index in [1.54, 1.807) is 0 Å². The van der Waals surface area contributed by atoms with Crippen LogP contribution in [0.25, 0.3) is 0 Å². The molecule has 16 heavy (non-hydrogen) atoms. The minimum absolute atomic E-state index is 0.126. The minimum atomic E-state index is -0.709. The minimum Gasteiger partial charge on any atom is -0.409 e. The Kier molecular flexibility index (Phi) is 6.66. The SMILES string of the molecule is CCNC(=O)CCNC(=O)C(C)C(N)=NO. The Bertz CT molecular complexity index is 278. The zero-order valence-corrected chi connectivity index (χ0v) is 9.49. The molecule has 2 amide bonds. The summed E-state index contributed by atoms with van der Waals surface area (Å²) in [6.45, 7) is 4.12. The summed E-state index contributed by atoms with van der Waals surface area (Å²) in [5.41, 5.74) is 5.26. The van der Waals surface area contributed by atoms with Gasteiger partial charge in [-0.15, -0.1) is 0 Å². The van der Waals surface area contributed by atoms with Crippen molar-refractivity contribution in [2.75, 3.05) is 13.1 Å². The lowest BCUT2D eigenvalue weighted by Crippen LogP contribution is -2.38. The molecule has 0 bridgehead atoms. The van der Waals surface area contributed by atoms with Crippen LogP contribution in [0.4, 0.5) is 0 Å². The van der Waals surface area contributed by atoms with Crippen molar-refractivity contribution in [1.82, 2.24) is 10.6 Å². The fraction of sp³-hybridized carbons (Fsp3) is 0.667. The zero-order chi connectivity index (χ0) is 12.6. The van der Waals surface area contributed by atoms with Gasteiger partial charge in [0.25, 0.3) is 0 Å². The van der Waals surface area contributed by atoms with Crippen molar-refractivity contribution in [1.29, 1.82) is 0 Å². The van der Waals surface area contributed by atoms with Gasteiger partial charge in [0.15, 0.2) is 5.84 Å². The number of carbonyl (C=O) groups excluding carboxylic acids is 2. The van der Waals surface area contributed by atoms with Crippen LogP contribution in [0.5, 0.6) is 0 Å². The molecule has 7 nitrogen and oxygen atoms in total. The van der Waals surface area contributed by atoms with Crippen LogP contribution in [0.2, 0.25) is 0 Å². The highest BCUT2D eigenvalue weighted by Crippen LogP contribution is 1.94. The summed E-state index contributed by atoms with van der Waals surface area (Å²) in [5, 5.41) is 16.2. The van der Waals surface area contributed by atoms with E-state index >= 15 is 0 Å². The Balaban J connectivity index is 3.86. The summed E-state index contributed by atoms with van der Waals surface area (Å²) in [4.78, 5) is 22.4. The molecule has 1 atom stereocenters. The number of oxime groups is 1. The molecule has 0 spiro atoms. The summed E-state index contributed by atoms with van der Waals surface area (Å²) in [7, 11) is 0. The molecule has 0 aliphatic rings. The number of nitrogens with two attached hydrogens (primary N) is 1. The van der Waals surface area contributed by atoms with E-state index in [4.69, 9.17) is 10.9 Å². The summed E-state index contributed by atoms with van der Waals surface area (Å²) < 4.78 is 0. The van der Waals surface area contributed by atoms with Crippen LogP contribution in [-0.4, -0.2) is 35.9 Å². The summed E-state index contributed by atoms with van der Waals surface area (Å²) in [5.74, 6) is -1.37. The number of hydrogen-bond acceptors (Lipinski definition) is 4. The number of amidine groups is 1. The third-order valence-corrected chi connectivity index (χ3v) is 1.98. The fourth-order valence-corrected chi connectivity index (χ4v) is 0.959. The van der Waals surface area contributed by atoms with Gasteiger partial charge in [-0.25, -0.2) is 0 Å². The smallest absolute Gasteiger partial charge is 0.230 e. The Morgan fingerprint density at radius 1 is 1.44 bits per heavy atom. The molecule has 0 rings (SSSR count). The number of amides is 2. The maximum Gasteiger partial charge on any atom is 0.230 e. The molecule has 0 fully saturated rings. The molecule has 0 aromatic heterocycles. The first-order chi connectivity index (χ1) is 7.52. The quantitative estimate of drug-likeness (QED) is 0.203. The number of nitrogens with one attached hydrogen (secondary N) is 2. The predicted octanol–water partition coefficient (Wildman–Crippen LogP) is -0.989. The van der Waals surface area contributed by atoms with Gasteiger partial charge in [0.05, 0.1) is 5.92 Å². The molecule has 0 saturated carbocycles. The molecule has 92 valence electrons. The van der Waals surface area contributed by atoms with Gasteiger partial charge in [0.2, 0.25) is 11.8 Å². The summed E-state index contributed by atoms with van der Waals surface area (Å²) in [6, 6.07) is 0. The molecule has 0 saturated heterocycles. The predicted molar refractivity (Wildman–Crippen MR) is 58.9 cm³/mol. The summed E-state index contributed by atoms with van der Waals surface area (Å²) in [6.07, 6.45) is 0.211. The van der Waals surface area contributed by atoms with Crippen LogP contribution < -0.4 is 16.4 Å². The van der Waals surface area contributed by atoms with Gasteiger partial charge < -0.3 is 21.6 Å². The highest BCUT2D eigenvalue weighted by Gasteiger charge is 2.16. The fourth-order valence-electron chi connectivity index (χ4n) is 0.959. The van der Waals surface area contributed by atoms with Crippen molar-refractivity contribution < 1.29 is 14.8 Å². The summed E-state index contributed by atoms with van der Waals surface area (Å²) >= 11 is 0. The van der Waals surface area contributed by atoms with Gasteiger partial charge in [-0.3, -0.25) is 9.59 Å². The second kappa shape index (κ2) is 7.49. The van der Waals surface area contributed by atoms with Crippen molar-refractivity contribution in [2.24, 2.45) is 16.8 Å². The first-order valence-electron chi connectivity index (χ1n) is 5.04. The molecule has 0 aromatic carbocycles. The normalized spacial score (nSPS) is 13.0. The second-order valence-corrected chi connectivity index (χ2v) is 3.24. The van der Waals surface area contributed by atoms with E-state index in [0.717, 1.165) is 0 Å². The van der Waals surface area contributed by atoms with Crippen molar-refractivity contribution in [3.63, 3.8) is 0 Å². The number of nitrogens with zero attached hydrogens (tertiary/aromatic N) is 1. The molecule has 0 aliphatic carbocycles. The van der Waals surface area contributed by atoms with Gasteiger partial charge in [-0.05, 0) is 13.8 Å². The molecule has 0 heterocycles. The van der Waals surface area contributed by atoms with Crippen LogP contribution >= 0.6 is 0 Å². The Hall–Kier alpha value is -1.79. The lowest BCUT2D eigenvalue weighted by Gasteiger charge is -2.10. The monoisotopic (exact) mass is 230 g/mol. The van der Waals surface area contributed by atoms with Gasteiger partial charge >= 0.3 is 0 Å². The first kappa shape index (κ1) is 14.2. The van der Waals surface area contributed by atoms with E-state index in [0.29, 0.717) is 6.54 Å². The zero-order valence-electron chi connectivity index (χ0n) is 9.49. The third kappa shape index (κ3) is 5.18. The highest BCUT2D eigenvalue weighted by atomic mass is 16.4. The third-order valence-electron chi connectivity index (χ3n) is 1.98. The van der Waals surface area contributed by atoms with Crippen molar-refractivity contribution in [2.45, 2.75) is 20.3 Å². The molecule has 7 heteroatoms. The maximum absolute atomic E-state index is 11.4. The lowest BCUT2D eigenvalue weighted by molar-refractivity contribution is -0.123. The number of rotatable bonds is 6. The van der Waals surface area contributed by atoms with Crippen LogP contribution in [0.15, 0.2) is 5.16 Å². The van der Waals surface area contributed by atoms with Crippen LogP contribution in [-0.2, 0) is 9.59 Å². The largest absolute Gasteiger partial charge is 0.409 e. The average Bonchev–Trinajstić information content (AvgIpc) is 2.27. The lowest BCUT2D eigenvalue weighted by atomic mass is 10.1. The molecule has 0 aromatic rings. The topological polar surface area (TPSA) is 117 Å². The van der Waals surface area contributed by atoms with E-state index in [1.165, 1.54) is 6.92 Å². The van der Waals surface area contributed by atoms with E-state index in [-0.39, 0.29) is 30.6 Å². The Morgan fingerprint density at radius 3 is 2.56 bits per heavy atom. The first-order valence-corrected chi connectivity index (χ1v) is 5.04. The molecule has 1 unspecified atom stereocenters. The van der Waals surface area contributed by atoms with E-state index in [9.17, 15) is 9.59 Å². The standard InChI is InChI=1S/C9H18N4O3/c1-3-11-7(14)4-5-12-9(15)6(2)8(10)13-16/h6,16H,3-5H2,1-2H3,(H2,10,13)(H,11,14)(H,12,15). The molecule has 5 N–H and O–H groups in total. The Labute approximate surface area is 94.1 Å². The van der Waals surface area contributed by atoms with Gasteiger partial charge in [0.1, 0.15) is 0 Å². The number of hydrogen-bond donors (Lipinski definition) is 4. The second-order valence-electron chi connectivity index (χ2n) is 3.24. The molecular weight excluding hydrogens is 212 g/mol. The van der Waals surface area contributed by atoms with Gasteiger partial charge in [-0.1, -0.05) is 5.16 Å². The van der Waals surface area contributed by atoms with E-state index in [2.05, 4.69) is 15.8 Å². The molecule has 0 aliphatic heterocycles. The molecule has 0 radical (unpaired) electrons. The average molecular weight is 230 g/mol. The van der Waals surface area contributed by atoms with Crippen molar-refractivity contribution >= 4 is 17.6 Å². The van der Waals surface area contributed by atoms with Crippen LogP contribution in [0.3, 0.4) is 0 Å². The Morgan fingerprint density at radius 2 is 2.06 bits per heavy atom. The van der Waals surface area contributed by atoms with Crippen molar-refractivity contribution in [3.05, 3.63) is 0 Å². The van der Waals surface area contributed by atoms with E-state index in [1.807, 2.05) is 6.92 Å². The van der Waals surface area contributed by atoms with Gasteiger partial charge in [-0.2, -0.15) is 0 Å².